The number of carbonyl (C=O) groups excluding carboxylic acids is 2. The highest BCUT2D eigenvalue weighted by atomic mass is 16.2. The Morgan fingerprint density at radius 3 is 2.43 bits per heavy atom. The zero-order chi connectivity index (χ0) is 15.5. The van der Waals surface area contributed by atoms with Crippen LogP contribution in [-0.2, 0) is 4.79 Å². The number of benzene rings is 1. The Hall–Kier alpha value is -1.88. The molecule has 3 amide bonds. The number of rotatable bonds is 8. The van der Waals surface area contributed by atoms with Gasteiger partial charge in [0.25, 0.3) is 0 Å². The van der Waals surface area contributed by atoms with E-state index in [1.54, 1.807) is 0 Å². The zero-order valence-electron chi connectivity index (χ0n) is 12.8. The van der Waals surface area contributed by atoms with Crippen LogP contribution in [0.1, 0.15) is 44.7 Å². The van der Waals surface area contributed by atoms with E-state index >= 15 is 0 Å². The van der Waals surface area contributed by atoms with E-state index in [1.165, 1.54) is 0 Å². The second kappa shape index (κ2) is 9.94. The van der Waals surface area contributed by atoms with Gasteiger partial charge in [0.2, 0.25) is 5.91 Å². The lowest BCUT2D eigenvalue weighted by Gasteiger charge is -2.18. The molecule has 1 rings (SSSR count). The van der Waals surface area contributed by atoms with Gasteiger partial charge in [0.05, 0.1) is 0 Å². The predicted molar refractivity (Wildman–Crippen MR) is 83.9 cm³/mol. The molecule has 0 heterocycles. The molecule has 0 aliphatic heterocycles. The molecule has 0 spiro atoms. The molecular formula is C16H25N3O2. The van der Waals surface area contributed by atoms with E-state index in [1.807, 2.05) is 37.3 Å². The van der Waals surface area contributed by atoms with E-state index < -0.39 is 12.1 Å². The van der Waals surface area contributed by atoms with Gasteiger partial charge in [-0.05, 0) is 25.5 Å². The molecule has 0 aliphatic rings. The van der Waals surface area contributed by atoms with E-state index in [9.17, 15) is 9.59 Å². The highest BCUT2D eigenvalue weighted by molar-refractivity contribution is 5.97. The molecule has 1 aromatic rings. The fourth-order valence-corrected chi connectivity index (χ4v) is 2.02. The number of imide groups is 1. The first-order chi connectivity index (χ1) is 10.2. The molecule has 0 unspecified atom stereocenters. The van der Waals surface area contributed by atoms with Crippen molar-refractivity contribution in [2.75, 3.05) is 13.1 Å². The fourth-order valence-electron chi connectivity index (χ4n) is 2.02. The molecule has 3 N–H and O–H groups in total. The molecule has 0 aromatic heterocycles. The maximum absolute atomic E-state index is 12.3. The zero-order valence-corrected chi connectivity index (χ0v) is 12.8. The monoisotopic (exact) mass is 291 g/mol. The predicted octanol–water partition coefficient (Wildman–Crippen LogP) is 2.35. The SMILES string of the molecule is CCCCCN[C@@H](C(=O)NC(=O)NCC)c1ccccc1. The van der Waals surface area contributed by atoms with Gasteiger partial charge in [0.1, 0.15) is 6.04 Å². The quantitative estimate of drug-likeness (QED) is 0.644. The lowest BCUT2D eigenvalue weighted by atomic mass is 10.1. The van der Waals surface area contributed by atoms with Crippen molar-refractivity contribution in [3.63, 3.8) is 0 Å². The summed E-state index contributed by atoms with van der Waals surface area (Å²) in [5.74, 6) is -0.330. The minimum absolute atomic E-state index is 0.330. The molecule has 0 saturated carbocycles. The third-order valence-electron chi connectivity index (χ3n) is 3.10. The van der Waals surface area contributed by atoms with Crippen LogP contribution in [0.4, 0.5) is 4.79 Å². The summed E-state index contributed by atoms with van der Waals surface area (Å²) in [7, 11) is 0. The van der Waals surface area contributed by atoms with Crippen molar-refractivity contribution in [1.29, 1.82) is 0 Å². The van der Waals surface area contributed by atoms with Crippen LogP contribution in [0.2, 0.25) is 0 Å². The van der Waals surface area contributed by atoms with Gasteiger partial charge >= 0.3 is 6.03 Å². The first-order valence-corrected chi connectivity index (χ1v) is 7.56. The molecule has 0 bridgehead atoms. The number of urea groups is 1. The summed E-state index contributed by atoms with van der Waals surface area (Å²) < 4.78 is 0. The van der Waals surface area contributed by atoms with Crippen molar-refractivity contribution >= 4 is 11.9 Å². The van der Waals surface area contributed by atoms with Gasteiger partial charge in [-0.25, -0.2) is 4.79 Å². The number of unbranched alkanes of at least 4 members (excludes halogenated alkanes) is 2. The Kier molecular flexibility index (Phi) is 8.12. The van der Waals surface area contributed by atoms with Crippen LogP contribution in [0.5, 0.6) is 0 Å². The molecule has 0 saturated heterocycles. The minimum Gasteiger partial charge on any atom is -0.338 e. The first kappa shape index (κ1) is 17.2. The first-order valence-electron chi connectivity index (χ1n) is 7.56. The summed E-state index contributed by atoms with van der Waals surface area (Å²) in [5.41, 5.74) is 0.857. The molecule has 0 aliphatic carbocycles. The van der Waals surface area contributed by atoms with Crippen LogP contribution in [0.15, 0.2) is 30.3 Å². The Morgan fingerprint density at radius 2 is 1.81 bits per heavy atom. The van der Waals surface area contributed by atoms with Gasteiger partial charge in [-0.15, -0.1) is 0 Å². The van der Waals surface area contributed by atoms with Crippen molar-refractivity contribution in [3.05, 3.63) is 35.9 Å². The molecule has 1 aromatic carbocycles. The average molecular weight is 291 g/mol. The van der Waals surface area contributed by atoms with E-state index in [-0.39, 0.29) is 5.91 Å². The van der Waals surface area contributed by atoms with Gasteiger partial charge in [0, 0.05) is 6.54 Å². The molecule has 0 radical (unpaired) electrons. The van der Waals surface area contributed by atoms with Crippen LogP contribution in [-0.4, -0.2) is 25.0 Å². The maximum Gasteiger partial charge on any atom is 0.321 e. The minimum atomic E-state index is -0.509. The summed E-state index contributed by atoms with van der Waals surface area (Å²) in [6, 6.07) is 8.47. The average Bonchev–Trinajstić information content (AvgIpc) is 2.48. The summed E-state index contributed by atoms with van der Waals surface area (Å²) in [6.07, 6.45) is 3.25. The number of hydrogen-bond acceptors (Lipinski definition) is 3. The van der Waals surface area contributed by atoms with Crippen LogP contribution in [0.25, 0.3) is 0 Å². The molecule has 5 nitrogen and oxygen atoms in total. The van der Waals surface area contributed by atoms with E-state index in [0.29, 0.717) is 6.54 Å². The molecule has 1 atom stereocenters. The summed E-state index contributed by atoms with van der Waals surface area (Å²) >= 11 is 0. The highest BCUT2D eigenvalue weighted by Gasteiger charge is 2.21. The molecular weight excluding hydrogens is 266 g/mol. The second-order valence-electron chi connectivity index (χ2n) is 4.85. The van der Waals surface area contributed by atoms with Gasteiger partial charge in [-0.3, -0.25) is 10.1 Å². The van der Waals surface area contributed by atoms with Crippen LogP contribution >= 0.6 is 0 Å². The fraction of sp³-hybridized carbons (Fsp3) is 0.500. The van der Waals surface area contributed by atoms with Crippen molar-refractivity contribution < 1.29 is 9.59 Å². The normalized spacial score (nSPS) is 11.7. The van der Waals surface area contributed by atoms with Gasteiger partial charge in [-0.1, -0.05) is 50.1 Å². The largest absolute Gasteiger partial charge is 0.338 e. The number of carbonyl (C=O) groups is 2. The van der Waals surface area contributed by atoms with Crippen molar-refractivity contribution in [2.24, 2.45) is 0 Å². The van der Waals surface area contributed by atoms with Crippen LogP contribution in [0, 0.1) is 0 Å². The van der Waals surface area contributed by atoms with Gasteiger partial charge < -0.3 is 10.6 Å². The smallest absolute Gasteiger partial charge is 0.321 e. The van der Waals surface area contributed by atoms with Crippen molar-refractivity contribution in [2.45, 2.75) is 39.2 Å². The maximum atomic E-state index is 12.3. The van der Waals surface area contributed by atoms with E-state index in [2.05, 4.69) is 22.9 Å². The van der Waals surface area contributed by atoms with Gasteiger partial charge in [-0.2, -0.15) is 0 Å². The molecule has 116 valence electrons. The summed E-state index contributed by atoms with van der Waals surface area (Å²) in [5, 5.41) is 8.16. The third-order valence-corrected chi connectivity index (χ3v) is 3.10. The lowest BCUT2D eigenvalue weighted by Crippen LogP contribution is -2.45. The van der Waals surface area contributed by atoms with Crippen molar-refractivity contribution in [3.8, 4) is 0 Å². The van der Waals surface area contributed by atoms with Crippen LogP contribution < -0.4 is 16.0 Å². The number of hydrogen-bond donors (Lipinski definition) is 3. The lowest BCUT2D eigenvalue weighted by molar-refractivity contribution is -0.122. The Morgan fingerprint density at radius 1 is 1.10 bits per heavy atom. The van der Waals surface area contributed by atoms with E-state index in [0.717, 1.165) is 31.4 Å². The van der Waals surface area contributed by atoms with Crippen molar-refractivity contribution in [1.82, 2.24) is 16.0 Å². The molecule has 0 fully saturated rings. The summed E-state index contributed by atoms with van der Waals surface area (Å²) in [4.78, 5) is 23.8. The Labute approximate surface area is 126 Å². The molecule has 21 heavy (non-hydrogen) atoms. The number of amides is 3. The standard InChI is InChI=1S/C16H25N3O2/c1-3-5-9-12-18-14(13-10-7-6-8-11-13)15(20)19-16(21)17-4-2/h6-8,10-11,14,18H,3-5,9,12H2,1-2H3,(H2,17,19,20,21)/t14-/m1/s1. The van der Waals surface area contributed by atoms with E-state index in [4.69, 9.17) is 0 Å². The number of nitrogens with one attached hydrogen (secondary N) is 3. The summed E-state index contributed by atoms with van der Waals surface area (Å²) in [6.45, 7) is 5.17. The topological polar surface area (TPSA) is 70.2 Å². The Bertz CT molecular complexity index is 434. The second-order valence-corrected chi connectivity index (χ2v) is 4.85. The third kappa shape index (κ3) is 6.40. The highest BCUT2D eigenvalue weighted by Crippen LogP contribution is 2.13. The Balaban J connectivity index is 2.67. The molecule has 5 heteroatoms. The van der Waals surface area contributed by atoms with Gasteiger partial charge in [0.15, 0.2) is 0 Å². The van der Waals surface area contributed by atoms with Crippen LogP contribution in [0.3, 0.4) is 0 Å².